The third kappa shape index (κ3) is 2.96. The van der Waals surface area contributed by atoms with E-state index < -0.39 is 0 Å². The van der Waals surface area contributed by atoms with E-state index in [0.717, 1.165) is 12.5 Å². The molecule has 0 spiro atoms. The van der Waals surface area contributed by atoms with Gasteiger partial charge < -0.3 is 5.32 Å². The van der Waals surface area contributed by atoms with Gasteiger partial charge in [-0.1, -0.05) is 13.8 Å². The van der Waals surface area contributed by atoms with Crippen LogP contribution in [0, 0.1) is 5.92 Å². The van der Waals surface area contributed by atoms with Gasteiger partial charge in [-0.3, -0.25) is 4.90 Å². The van der Waals surface area contributed by atoms with Crippen LogP contribution in [0.25, 0.3) is 0 Å². The van der Waals surface area contributed by atoms with Gasteiger partial charge in [0.05, 0.1) is 0 Å². The maximum atomic E-state index is 3.63. The van der Waals surface area contributed by atoms with E-state index >= 15 is 0 Å². The lowest BCUT2D eigenvalue weighted by Crippen LogP contribution is -2.60. The SMILES string of the molecule is CC(C)C[C@@H]1CN(C)C(C)(C)CN1. The Hall–Kier alpha value is -0.0800. The van der Waals surface area contributed by atoms with E-state index in [4.69, 9.17) is 0 Å². The molecule has 0 saturated carbocycles. The molecule has 13 heavy (non-hydrogen) atoms. The summed E-state index contributed by atoms with van der Waals surface area (Å²) in [5, 5.41) is 3.63. The second-order valence-corrected chi connectivity index (χ2v) is 5.40. The fourth-order valence-corrected chi connectivity index (χ4v) is 1.90. The fraction of sp³-hybridized carbons (Fsp3) is 1.00. The topological polar surface area (TPSA) is 15.3 Å². The molecule has 0 aromatic carbocycles. The average molecular weight is 184 g/mol. The van der Waals surface area contributed by atoms with Crippen LogP contribution in [0.1, 0.15) is 34.1 Å². The van der Waals surface area contributed by atoms with Crippen molar-refractivity contribution in [2.24, 2.45) is 5.92 Å². The van der Waals surface area contributed by atoms with Crippen LogP contribution in [-0.2, 0) is 0 Å². The molecule has 0 radical (unpaired) electrons. The van der Waals surface area contributed by atoms with Crippen molar-refractivity contribution in [3.05, 3.63) is 0 Å². The van der Waals surface area contributed by atoms with Crippen molar-refractivity contribution < 1.29 is 0 Å². The summed E-state index contributed by atoms with van der Waals surface area (Å²) in [5.74, 6) is 0.798. The first kappa shape index (κ1) is 11.0. The highest BCUT2D eigenvalue weighted by atomic mass is 15.2. The van der Waals surface area contributed by atoms with Crippen LogP contribution in [0.4, 0.5) is 0 Å². The normalized spacial score (nSPS) is 29.5. The minimum absolute atomic E-state index is 0.327. The number of piperazine rings is 1. The Labute approximate surface area is 82.7 Å². The molecule has 0 aromatic heterocycles. The van der Waals surface area contributed by atoms with Crippen LogP contribution in [0.3, 0.4) is 0 Å². The van der Waals surface area contributed by atoms with Crippen molar-refractivity contribution in [3.8, 4) is 0 Å². The van der Waals surface area contributed by atoms with E-state index in [2.05, 4.69) is 45.0 Å². The number of nitrogens with one attached hydrogen (secondary N) is 1. The van der Waals surface area contributed by atoms with E-state index in [1.54, 1.807) is 0 Å². The van der Waals surface area contributed by atoms with Gasteiger partial charge in [0, 0.05) is 24.7 Å². The maximum Gasteiger partial charge on any atom is 0.0275 e. The lowest BCUT2D eigenvalue weighted by atomic mass is 9.94. The number of rotatable bonds is 2. The first-order valence-electron chi connectivity index (χ1n) is 5.36. The van der Waals surface area contributed by atoms with Crippen LogP contribution in [0.2, 0.25) is 0 Å². The third-order valence-electron chi connectivity index (χ3n) is 3.11. The molecule has 0 unspecified atom stereocenters. The molecule has 0 amide bonds. The lowest BCUT2D eigenvalue weighted by Gasteiger charge is -2.44. The van der Waals surface area contributed by atoms with Crippen molar-refractivity contribution in [3.63, 3.8) is 0 Å². The minimum Gasteiger partial charge on any atom is -0.311 e. The average Bonchev–Trinajstić information content (AvgIpc) is 1.97. The fourth-order valence-electron chi connectivity index (χ4n) is 1.90. The maximum absolute atomic E-state index is 3.63. The predicted molar refractivity (Wildman–Crippen MR) is 58.0 cm³/mol. The molecule has 1 atom stereocenters. The molecule has 1 saturated heterocycles. The second kappa shape index (κ2) is 3.97. The summed E-state index contributed by atoms with van der Waals surface area (Å²) < 4.78 is 0. The Morgan fingerprint density at radius 2 is 2.08 bits per heavy atom. The molecule has 2 nitrogen and oxygen atoms in total. The van der Waals surface area contributed by atoms with Crippen molar-refractivity contribution >= 4 is 0 Å². The number of nitrogens with zero attached hydrogens (tertiary/aromatic N) is 1. The van der Waals surface area contributed by atoms with E-state index in [1.165, 1.54) is 13.0 Å². The highest BCUT2D eigenvalue weighted by Gasteiger charge is 2.30. The monoisotopic (exact) mass is 184 g/mol. The summed E-state index contributed by atoms with van der Waals surface area (Å²) in [4.78, 5) is 2.47. The summed E-state index contributed by atoms with van der Waals surface area (Å²) in [6.07, 6.45) is 1.29. The van der Waals surface area contributed by atoms with Gasteiger partial charge in [-0.15, -0.1) is 0 Å². The molecule has 0 aromatic rings. The first-order chi connectivity index (χ1) is 5.92. The summed E-state index contributed by atoms with van der Waals surface area (Å²) in [7, 11) is 2.23. The number of likely N-dealkylation sites (N-methyl/N-ethyl adjacent to an activating group) is 1. The molecule has 78 valence electrons. The van der Waals surface area contributed by atoms with E-state index in [9.17, 15) is 0 Å². The van der Waals surface area contributed by atoms with Crippen molar-refractivity contribution in [1.29, 1.82) is 0 Å². The minimum atomic E-state index is 0.327. The molecule has 0 bridgehead atoms. The Kier molecular flexibility index (Phi) is 3.36. The molecule has 1 aliphatic rings. The van der Waals surface area contributed by atoms with Gasteiger partial charge in [0.1, 0.15) is 0 Å². The van der Waals surface area contributed by atoms with E-state index in [0.29, 0.717) is 11.6 Å². The van der Waals surface area contributed by atoms with Crippen LogP contribution in [-0.4, -0.2) is 36.6 Å². The highest BCUT2D eigenvalue weighted by Crippen LogP contribution is 2.18. The molecular formula is C11H24N2. The quantitative estimate of drug-likeness (QED) is 0.703. The number of hydrogen-bond donors (Lipinski definition) is 1. The van der Waals surface area contributed by atoms with Crippen molar-refractivity contribution in [1.82, 2.24) is 10.2 Å². The molecule has 1 heterocycles. The Morgan fingerprint density at radius 3 is 2.54 bits per heavy atom. The number of hydrogen-bond acceptors (Lipinski definition) is 2. The Bertz CT molecular complexity index is 163. The van der Waals surface area contributed by atoms with Crippen LogP contribution < -0.4 is 5.32 Å². The zero-order valence-corrected chi connectivity index (χ0v) is 9.72. The largest absolute Gasteiger partial charge is 0.311 e. The highest BCUT2D eigenvalue weighted by molar-refractivity contribution is 4.91. The second-order valence-electron chi connectivity index (χ2n) is 5.40. The van der Waals surface area contributed by atoms with Crippen molar-refractivity contribution in [2.45, 2.75) is 45.7 Å². The summed E-state index contributed by atoms with van der Waals surface area (Å²) >= 11 is 0. The standard InChI is InChI=1S/C11H24N2/c1-9(2)6-10-7-13(5)11(3,4)8-12-10/h9-10,12H,6-8H2,1-5H3/t10-/m1/s1. The molecule has 1 rings (SSSR count). The van der Waals surface area contributed by atoms with E-state index in [1.807, 2.05) is 0 Å². The molecule has 1 N–H and O–H groups in total. The zero-order valence-electron chi connectivity index (χ0n) is 9.72. The lowest BCUT2D eigenvalue weighted by molar-refractivity contribution is 0.0881. The van der Waals surface area contributed by atoms with Crippen LogP contribution in [0.5, 0.6) is 0 Å². The molecule has 1 aliphatic heterocycles. The first-order valence-corrected chi connectivity index (χ1v) is 5.36. The summed E-state index contributed by atoms with van der Waals surface area (Å²) in [6, 6.07) is 0.693. The van der Waals surface area contributed by atoms with Gasteiger partial charge in [0.2, 0.25) is 0 Å². The van der Waals surface area contributed by atoms with Crippen molar-refractivity contribution in [2.75, 3.05) is 20.1 Å². The summed E-state index contributed by atoms with van der Waals surface area (Å²) in [5.41, 5.74) is 0.327. The van der Waals surface area contributed by atoms with Crippen LogP contribution >= 0.6 is 0 Å². The molecule has 0 aliphatic carbocycles. The van der Waals surface area contributed by atoms with Gasteiger partial charge in [-0.2, -0.15) is 0 Å². The molecule has 2 heteroatoms. The molecular weight excluding hydrogens is 160 g/mol. The van der Waals surface area contributed by atoms with Gasteiger partial charge in [-0.05, 0) is 33.2 Å². The van der Waals surface area contributed by atoms with Gasteiger partial charge >= 0.3 is 0 Å². The third-order valence-corrected chi connectivity index (χ3v) is 3.11. The van der Waals surface area contributed by atoms with Gasteiger partial charge in [0.25, 0.3) is 0 Å². The van der Waals surface area contributed by atoms with Gasteiger partial charge in [0.15, 0.2) is 0 Å². The molecule has 1 fully saturated rings. The smallest absolute Gasteiger partial charge is 0.0275 e. The summed E-state index contributed by atoms with van der Waals surface area (Å²) in [6.45, 7) is 11.5. The van der Waals surface area contributed by atoms with E-state index in [-0.39, 0.29) is 0 Å². The predicted octanol–water partition coefficient (Wildman–Crippen LogP) is 1.71. The van der Waals surface area contributed by atoms with Crippen LogP contribution in [0.15, 0.2) is 0 Å². The zero-order chi connectivity index (χ0) is 10.1. The Balaban J connectivity index is 2.42. The van der Waals surface area contributed by atoms with Gasteiger partial charge in [-0.25, -0.2) is 0 Å². The Morgan fingerprint density at radius 1 is 1.46 bits per heavy atom.